The third-order valence-electron chi connectivity index (χ3n) is 3.21. The van der Waals surface area contributed by atoms with Crippen LogP contribution in [0.5, 0.6) is 0 Å². The number of nitrogens with zero attached hydrogens (tertiary/aromatic N) is 3. The van der Waals surface area contributed by atoms with Crippen molar-refractivity contribution in [2.24, 2.45) is 0 Å². The zero-order valence-corrected chi connectivity index (χ0v) is 8.93. The van der Waals surface area contributed by atoms with E-state index in [9.17, 15) is 9.18 Å². The van der Waals surface area contributed by atoms with Crippen LogP contribution < -0.4 is 0 Å². The van der Waals surface area contributed by atoms with E-state index < -0.39 is 11.8 Å². The van der Waals surface area contributed by atoms with Crippen LogP contribution in [-0.4, -0.2) is 26.1 Å². The zero-order chi connectivity index (χ0) is 12.0. The SMILES string of the molecule is O=C(O)c1cc2nnn(C3CCC3)c2cc1F. The fourth-order valence-corrected chi connectivity index (χ4v) is 2.02. The van der Waals surface area contributed by atoms with Gasteiger partial charge in [-0.25, -0.2) is 13.9 Å². The fraction of sp³-hybridized carbons (Fsp3) is 0.364. The molecule has 0 amide bonds. The number of fused-ring (bicyclic) bond motifs is 1. The van der Waals surface area contributed by atoms with Crippen molar-refractivity contribution in [3.05, 3.63) is 23.5 Å². The van der Waals surface area contributed by atoms with Gasteiger partial charge < -0.3 is 5.11 Å². The highest BCUT2D eigenvalue weighted by Gasteiger charge is 2.23. The smallest absolute Gasteiger partial charge is 0.338 e. The predicted octanol–water partition coefficient (Wildman–Crippen LogP) is 1.99. The van der Waals surface area contributed by atoms with Crippen LogP contribution in [0.2, 0.25) is 0 Å². The molecule has 1 fully saturated rings. The number of carboxylic acid groups (broad SMARTS) is 1. The Labute approximate surface area is 95.8 Å². The van der Waals surface area contributed by atoms with Gasteiger partial charge in [0.2, 0.25) is 0 Å². The maximum atomic E-state index is 13.6. The van der Waals surface area contributed by atoms with Crippen molar-refractivity contribution >= 4 is 17.0 Å². The molecule has 1 heterocycles. The van der Waals surface area contributed by atoms with Crippen LogP contribution in [0, 0.1) is 5.82 Å². The summed E-state index contributed by atoms with van der Waals surface area (Å²) < 4.78 is 15.3. The van der Waals surface area contributed by atoms with Crippen LogP contribution in [0.4, 0.5) is 4.39 Å². The highest BCUT2D eigenvalue weighted by Crippen LogP contribution is 2.33. The number of hydrogen-bond acceptors (Lipinski definition) is 3. The summed E-state index contributed by atoms with van der Waals surface area (Å²) >= 11 is 0. The van der Waals surface area contributed by atoms with Crippen LogP contribution in [0.1, 0.15) is 35.7 Å². The van der Waals surface area contributed by atoms with Crippen LogP contribution in [0.3, 0.4) is 0 Å². The Morgan fingerprint density at radius 3 is 2.82 bits per heavy atom. The lowest BCUT2D eigenvalue weighted by Crippen LogP contribution is -2.18. The largest absolute Gasteiger partial charge is 0.478 e. The van der Waals surface area contributed by atoms with E-state index in [1.807, 2.05) is 0 Å². The summed E-state index contributed by atoms with van der Waals surface area (Å²) in [7, 11) is 0. The van der Waals surface area contributed by atoms with Crippen molar-refractivity contribution < 1.29 is 14.3 Å². The minimum atomic E-state index is -1.29. The predicted molar refractivity (Wildman–Crippen MR) is 57.3 cm³/mol. The molecular weight excluding hydrogens is 225 g/mol. The number of benzene rings is 1. The lowest BCUT2D eigenvalue weighted by Gasteiger charge is -2.25. The molecule has 1 saturated carbocycles. The molecule has 1 aliphatic rings. The average molecular weight is 235 g/mol. The van der Waals surface area contributed by atoms with Gasteiger partial charge in [0.05, 0.1) is 17.1 Å². The summed E-state index contributed by atoms with van der Waals surface area (Å²) in [5.74, 6) is -2.03. The fourth-order valence-electron chi connectivity index (χ4n) is 2.02. The molecule has 0 atom stereocenters. The Hall–Kier alpha value is -1.98. The van der Waals surface area contributed by atoms with E-state index in [0.29, 0.717) is 11.0 Å². The van der Waals surface area contributed by atoms with E-state index in [1.54, 1.807) is 4.68 Å². The van der Waals surface area contributed by atoms with Gasteiger partial charge in [0, 0.05) is 6.07 Å². The van der Waals surface area contributed by atoms with Gasteiger partial charge in [-0.3, -0.25) is 0 Å². The van der Waals surface area contributed by atoms with Crippen molar-refractivity contribution in [3.63, 3.8) is 0 Å². The summed E-state index contributed by atoms with van der Waals surface area (Å²) in [4.78, 5) is 10.8. The maximum Gasteiger partial charge on any atom is 0.338 e. The lowest BCUT2D eigenvalue weighted by atomic mass is 9.93. The number of carboxylic acids is 1. The van der Waals surface area contributed by atoms with Crippen molar-refractivity contribution in [2.45, 2.75) is 25.3 Å². The molecule has 0 radical (unpaired) electrons. The average Bonchev–Trinajstić information content (AvgIpc) is 2.58. The van der Waals surface area contributed by atoms with E-state index >= 15 is 0 Å². The molecule has 3 rings (SSSR count). The molecule has 1 aromatic carbocycles. The number of hydrogen-bond donors (Lipinski definition) is 1. The number of aromatic carboxylic acids is 1. The summed E-state index contributed by atoms with van der Waals surface area (Å²) in [5.41, 5.74) is 0.631. The molecule has 17 heavy (non-hydrogen) atoms. The Morgan fingerprint density at radius 1 is 1.47 bits per heavy atom. The Balaban J connectivity index is 2.17. The topological polar surface area (TPSA) is 68.0 Å². The Morgan fingerprint density at radius 2 is 2.24 bits per heavy atom. The van der Waals surface area contributed by atoms with Crippen molar-refractivity contribution in [3.8, 4) is 0 Å². The molecule has 1 N–H and O–H groups in total. The van der Waals surface area contributed by atoms with Gasteiger partial charge in [-0.05, 0) is 25.3 Å². The van der Waals surface area contributed by atoms with Crippen LogP contribution in [0.15, 0.2) is 12.1 Å². The molecule has 88 valence electrons. The summed E-state index contributed by atoms with van der Waals surface area (Å²) in [5, 5.41) is 16.7. The van der Waals surface area contributed by atoms with Crippen LogP contribution in [0.25, 0.3) is 11.0 Å². The minimum Gasteiger partial charge on any atom is -0.478 e. The second kappa shape index (κ2) is 3.51. The molecule has 0 bridgehead atoms. The Bertz CT molecular complexity index is 604. The van der Waals surface area contributed by atoms with E-state index in [2.05, 4.69) is 10.3 Å². The monoisotopic (exact) mass is 235 g/mol. The highest BCUT2D eigenvalue weighted by molar-refractivity contribution is 5.92. The van der Waals surface area contributed by atoms with Gasteiger partial charge in [0.15, 0.2) is 0 Å². The quantitative estimate of drug-likeness (QED) is 0.864. The van der Waals surface area contributed by atoms with Gasteiger partial charge in [-0.1, -0.05) is 5.21 Å². The van der Waals surface area contributed by atoms with Gasteiger partial charge in [0.1, 0.15) is 11.3 Å². The minimum absolute atomic E-state index is 0.273. The van der Waals surface area contributed by atoms with Crippen molar-refractivity contribution in [1.29, 1.82) is 0 Å². The second-order valence-corrected chi connectivity index (χ2v) is 4.24. The molecule has 0 unspecified atom stereocenters. The van der Waals surface area contributed by atoms with E-state index in [0.717, 1.165) is 19.3 Å². The lowest BCUT2D eigenvalue weighted by molar-refractivity contribution is 0.0692. The summed E-state index contributed by atoms with van der Waals surface area (Å²) in [6.45, 7) is 0. The van der Waals surface area contributed by atoms with E-state index in [1.165, 1.54) is 12.1 Å². The molecule has 6 heteroatoms. The normalized spacial score (nSPS) is 16.1. The first-order valence-corrected chi connectivity index (χ1v) is 5.44. The van der Waals surface area contributed by atoms with Gasteiger partial charge in [0.25, 0.3) is 0 Å². The Kier molecular flexibility index (Phi) is 2.10. The zero-order valence-electron chi connectivity index (χ0n) is 8.93. The molecule has 0 aliphatic heterocycles. The molecule has 5 nitrogen and oxygen atoms in total. The number of carbonyl (C=O) groups is 1. The van der Waals surface area contributed by atoms with E-state index in [4.69, 9.17) is 5.11 Å². The molecular formula is C11H10FN3O2. The van der Waals surface area contributed by atoms with E-state index in [-0.39, 0.29) is 11.6 Å². The molecule has 2 aromatic rings. The molecule has 1 aliphatic carbocycles. The van der Waals surface area contributed by atoms with Gasteiger partial charge in [-0.15, -0.1) is 5.10 Å². The first kappa shape index (κ1) is 10.2. The maximum absolute atomic E-state index is 13.6. The third-order valence-corrected chi connectivity index (χ3v) is 3.21. The van der Waals surface area contributed by atoms with Crippen molar-refractivity contribution in [1.82, 2.24) is 15.0 Å². The standard InChI is InChI=1S/C11H10FN3O2/c12-8-5-10-9(4-7(8)11(16)17)13-14-15(10)6-2-1-3-6/h4-6H,1-3H2,(H,16,17). The molecule has 0 spiro atoms. The number of halogens is 1. The number of aromatic nitrogens is 3. The van der Waals surface area contributed by atoms with Gasteiger partial charge >= 0.3 is 5.97 Å². The summed E-state index contributed by atoms with van der Waals surface area (Å²) in [6.07, 6.45) is 3.17. The first-order chi connectivity index (χ1) is 8.16. The summed E-state index contributed by atoms with van der Waals surface area (Å²) in [6, 6.07) is 2.71. The molecule has 0 saturated heterocycles. The number of rotatable bonds is 2. The third kappa shape index (κ3) is 1.48. The van der Waals surface area contributed by atoms with Crippen LogP contribution in [-0.2, 0) is 0 Å². The highest BCUT2D eigenvalue weighted by atomic mass is 19.1. The van der Waals surface area contributed by atoms with Crippen molar-refractivity contribution in [2.75, 3.05) is 0 Å². The second-order valence-electron chi connectivity index (χ2n) is 4.24. The molecule has 1 aromatic heterocycles. The van der Waals surface area contributed by atoms with Crippen LogP contribution >= 0.6 is 0 Å². The first-order valence-electron chi connectivity index (χ1n) is 5.44. The van der Waals surface area contributed by atoms with Gasteiger partial charge in [-0.2, -0.15) is 0 Å².